The van der Waals surface area contributed by atoms with E-state index >= 15 is 0 Å². The average molecular weight is 377 g/mol. The molecule has 1 saturated carbocycles. The molecule has 0 spiro atoms. The van der Waals surface area contributed by atoms with Gasteiger partial charge in [-0.3, -0.25) is 9.59 Å². The topological polar surface area (TPSA) is 45.6 Å². The van der Waals surface area contributed by atoms with Gasteiger partial charge in [0.2, 0.25) is 5.91 Å². The molecule has 1 aromatic carbocycles. The summed E-state index contributed by atoms with van der Waals surface area (Å²) in [5, 5.41) is 0. The molecule has 146 valence electrons. The fourth-order valence-corrected chi connectivity index (χ4v) is 4.81. The van der Waals surface area contributed by atoms with Crippen LogP contribution in [0, 0.1) is 11.8 Å². The average Bonchev–Trinajstić information content (AvgIpc) is 3.50. The van der Waals surface area contributed by atoms with Gasteiger partial charge >= 0.3 is 0 Å². The maximum absolute atomic E-state index is 13.4. The molecule has 5 nitrogen and oxygen atoms in total. The predicted octanol–water partition coefficient (Wildman–Crippen LogP) is 3.17. The van der Waals surface area contributed by atoms with Gasteiger partial charge < -0.3 is 14.4 Å². The Morgan fingerprint density at radius 3 is 2.54 bits per heavy atom. The van der Waals surface area contributed by atoms with Gasteiger partial charge in [0.25, 0.3) is 5.91 Å². The van der Waals surface area contributed by atoms with Crippen LogP contribution in [0.1, 0.15) is 36.2 Å². The van der Waals surface area contributed by atoms with Crippen molar-refractivity contribution < 1.29 is 9.59 Å². The number of amides is 2. The molecule has 28 heavy (non-hydrogen) atoms. The first kappa shape index (κ1) is 17.5. The third-order valence-corrected chi connectivity index (χ3v) is 6.64. The van der Waals surface area contributed by atoms with Crippen molar-refractivity contribution in [3.05, 3.63) is 48.2 Å². The fraction of sp³-hybridized carbons (Fsp3) is 0.478. The first-order valence-electron chi connectivity index (χ1n) is 10.4. The number of hydrogen-bond donors (Lipinski definition) is 0. The summed E-state index contributed by atoms with van der Waals surface area (Å²) in [6.07, 6.45) is 4.43. The summed E-state index contributed by atoms with van der Waals surface area (Å²) in [4.78, 5) is 30.3. The largest absolute Gasteiger partial charge is 0.340 e. The van der Waals surface area contributed by atoms with Crippen LogP contribution < -0.4 is 0 Å². The second-order valence-electron chi connectivity index (χ2n) is 8.60. The van der Waals surface area contributed by atoms with Gasteiger partial charge in [0, 0.05) is 38.4 Å². The normalized spacial score (nSPS) is 24.5. The van der Waals surface area contributed by atoms with E-state index in [0.29, 0.717) is 24.7 Å². The second-order valence-corrected chi connectivity index (χ2v) is 8.60. The van der Waals surface area contributed by atoms with Crippen LogP contribution in [-0.4, -0.2) is 51.9 Å². The third kappa shape index (κ3) is 3.03. The van der Waals surface area contributed by atoms with Crippen LogP contribution in [0.15, 0.2) is 42.5 Å². The van der Waals surface area contributed by atoms with Crippen molar-refractivity contribution in [1.29, 1.82) is 0 Å². The maximum atomic E-state index is 13.4. The zero-order chi connectivity index (χ0) is 19.3. The molecular weight excluding hydrogens is 350 g/mol. The molecule has 2 bridgehead atoms. The van der Waals surface area contributed by atoms with E-state index in [2.05, 4.69) is 17.0 Å². The molecular formula is C23H27N3O2. The summed E-state index contributed by atoms with van der Waals surface area (Å²) in [6.45, 7) is 2.12. The van der Waals surface area contributed by atoms with Crippen molar-refractivity contribution in [2.45, 2.75) is 31.7 Å². The molecule has 0 N–H and O–H groups in total. The van der Waals surface area contributed by atoms with Gasteiger partial charge in [-0.15, -0.1) is 0 Å². The Morgan fingerprint density at radius 1 is 1.00 bits per heavy atom. The lowest BCUT2D eigenvalue weighted by molar-refractivity contribution is -0.140. The van der Waals surface area contributed by atoms with Gasteiger partial charge in [-0.25, -0.2) is 0 Å². The van der Waals surface area contributed by atoms with E-state index in [1.807, 2.05) is 46.8 Å². The van der Waals surface area contributed by atoms with Crippen LogP contribution in [0.3, 0.4) is 0 Å². The minimum Gasteiger partial charge on any atom is -0.340 e. The lowest BCUT2D eigenvalue weighted by atomic mass is 9.94. The summed E-state index contributed by atoms with van der Waals surface area (Å²) in [7, 11) is 1.95. The number of piperidine rings is 1. The quantitative estimate of drug-likeness (QED) is 0.822. The molecule has 1 aliphatic carbocycles. The van der Waals surface area contributed by atoms with E-state index in [-0.39, 0.29) is 23.8 Å². The van der Waals surface area contributed by atoms with E-state index in [1.165, 1.54) is 12.8 Å². The van der Waals surface area contributed by atoms with Crippen LogP contribution in [0.2, 0.25) is 0 Å². The molecule has 6 rings (SSSR count). The van der Waals surface area contributed by atoms with Crippen molar-refractivity contribution in [1.82, 2.24) is 14.4 Å². The Hall–Kier alpha value is -2.56. The van der Waals surface area contributed by atoms with E-state index in [0.717, 1.165) is 30.6 Å². The van der Waals surface area contributed by atoms with E-state index in [9.17, 15) is 9.59 Å². The number of hydrogen-bond acceptors (Lipinski definition) is 2. The standard InChI is InChI=1S/C23H27N3O2/c1-24-20(17-5-3-2-4-6-17)11-12-21(24)23(28)25-14-18-9-10-19(15-25)26(22(18)27)13-16-7-8-16/h2-6,11-12,16,18-19H,7-10,13-15H2,1H3/t18-,19+/m0/s1. The van der Waals surface area contributed by atoms with Crippen LogP contribution in [0.4, 0.5) is 0 Å². The Morgan fingerprint density at radius 2 is 1.79 bits per heavy atom. The summed E-state index contributed by atoms with van der Waals surface area (Å²) in [5.74, 6) is 0.974. The predicted molar refractivity (Wildman–Crippen MR) is 108 cm³/mol. The molecule has 4 heterocycles. The molecule has 0 unspecified atom stereocenters. The maximum Gasteiger partial charge on any atom is 0.270 e. The van der Waals surface area contributed by atoms with Gasteiger partial charge in [-0.1, -0.05) is 30.3 Å². The molecule has 0 radical (unpaired) electrons. The zero-order valence-electron chi connectivity index (χ0n) is 16.4. The van der Waals surface area contributed by atoms with Crippen LogP contribution in [0.5, 0.6) is 0 Å². The molecule has 2 aromatic rings. The second kappa shape index (κ2) is 6.80. The fourth-order valence-electron chi connectivity index (χ4n) is 4.81. The van der Waals surface area contributed by atoms with Crippen LogP contribution in [-0.2, 0) is 11.8 Å². The highest BCUT2D eigenvalue weighted by molar-refractivity contribution is 5.94. The highest BCUT2D eigenvalue weighted by atomic mass is 16.2. The molecule has 2 amide bonds. The number of rotatable bonds is 4. The van der Waals surface area contributed by atoms with Gasteiger partial charge in [-0.2, -0.15) is 0 Å². The van der Waals surface area contributed by atoms with Crippen molar-refractivity contribution in [2.24, 2.45) is 18.9 Å². The first-order chi connectivity index (χ1) is 13.6. The zero-order valence-corrected chi connectivity index (χ0v) is 16.4. The lowest BCUT2D eigenvalue weighted by Crippen LogP contribution is -2.48. The van der Waals surface area contributed by atoms with Crippen molar-refractivity contribution in [2.75, 3.05) is 19.6 Å². The molecule has 4 aliphatic rings. The molecule has 2 atom stereocenters. The highest BCUT2D eigenvalue weighted by Crippen LogP contribution is 2.36. The lowest BCUT2D eigenvalue weighted by Gasteiger charge is -2.36. The minimum absolute atomic E-state index is 0.0321. The number of fused-ring (bicyclic) bond motifs is 4. The summed E-state index contributed by atoms with van der Waals surface area (Å²) in [5.41, 5.74) is 2.83. The van der Waals surface area contributed by atoms with Crippen molar-refractivity contribution >= 4 is 11.8 Å². The van der Waals surface area contributed by atoms with Crippen LogP contribution in [0.25, 0.3) is 11.3 Å². The number of benzene rings is 1. The molecule has 4 fully saturated rings. The van der Waals surface area contributed by atoms with Gasteiger partial charge in [0.15, 0.2) is 0 Å². The Balaban J connectivity index is 1.39. The molecule has 1 aromatic heterocycles. The molecule has 5 heteroatoms. The number of carbonyl (C=O) groups excluding carboxylic acids is 2. The molecule has 3 saturated heterocycles. The third-order valence-electron chi connectivity index (χ3n) is 6.64. The highest BCUT2D eigenvalue weighted by Gasteiger charge is 2.43. The first-order valence-corrected chi connectivity index (χ1v) is 10.4. The van der Waals surface area contributed by atoms with Gasteiger partial charge in [0.1, 0.15) is 5.69 Å². The summed E-state index contributed by atoms with van der Waals surface area (Å²) >= 11 is 0. The number of aromatic nitrogens is 1. The van der Waals surface area contributed by atoms with E-state index in [4.69, 9.17) is 0 Å². The number of nitrogens with zero attached hydrogens (tertiary/aromatic N) is 3. The van der Waals surface area contributed by atoms with Crippen LogP contribution >= 0.6 is 0 Å². The van der Waals surface area contributed by atoms with Crippen molar-refractivity contribution in [3.8, 4) is 11.3 Å². The smallest absolute Gasteiger partial charge is 0.270 e. The summed E-state index contributed by atoms with van der Waals surface area (Å²) in [6, 6.07) is 14.3. The minimum atomic E-state index is -0.0321. The molecule has 3 aliphatic heterocycles. The van der Waals surface area contributed by atoms with Crippen molar-refractivity contribution in [3.63, 3.8) is 0 Å². The Kier molecular flexibility index (Phi) is 4.26. The van der Waals surface area contributed by atoms with E-state index in [1.54, 1.807) is 0 Å². The Bertz CT molecular complexity index is 900. The van der Waals surface area contributed by atoms with Gasteiger partial charge in [0.05, 0.1) is 5.92 Å². The number of carbonyl (C=O) groups is 2. The SMILES string of the molecule is Cn1c(C(=O)N2C[C@@H]3CC[C@H](C2)N(CC2CC2)C3=O)ccc1-c1ccccc1. The van der Waals surface area contributed by atoms with Gasteiger partial charge in [-0.05, 0) is 49.3 Å². The van der Waals surface area contributed by atoms with E-state index < -0.39 is 0 Å². The summed E-state index contributed by atoms with van der Waals surface area (Å²) < 4.78 is 1.98. The monoisotopic (exact) mass is 377 g/mol. The Labute approximate surface area is 165 Å².